The van der Waals surface area contributed by atoms with Gasteiger partial charge >= 0.3 is 5.97 Å². The van der Waals surface area contributed by atoms with Crippen molar-refractivity contribution in [1.82, 2.24) is 20.0 Å². The number of hydrogen-bond acceptors (Lipinski definition) is 7. The molecule has 0 saturated carbocycles. The lowest BCUT2D eigenvalue weighted by Gasteiger charge is -2.36. The minimum Gasteiger partial charge on any atom is -0.497 e. The fourth-order valence-electron chi connectivity index (χ4n) is 4.51. The highest BCUT2D eigenvalue weighted by Gasteiger charge is 2.50. The Hall–Kier alpha value is -3.40. The van der Waals surface area contributed by atoms with E-state index in [0.717, 1.165) is 18.5 Å². The van der Waals surface area contributed by atoms with E-state index in [1.54, 1.807) is 13.3 Å². The zero-order valence-corrected chi connectivity index (χ0v) is 19.1. The van der Waals surface area contributed by atoms with Crippen LogP contribution in [0.3, 0.4) is 0 Å². The predicted molar refractivity (Wildman–Crippen MR) is 120 cm³/mol. The molecule has 1 aromatic carbocycles. The van der Waals surface area contributed by atoms with Crippen LogP contribution in [0.2, 0.25) is 0 Å². The Morgan fingerprint density at radius 1 is 1.39 bits per heavy atom. The molecular weight excluding hydrogens is 428 g/mol. The van der Waals surface area contributed by atoms with Crippen LogP contribution in [0.1, 0.15) is 29.6 Å². The molecule has 2 aliphatic rings. The molecule has 10 heteroatoms. The van der Waals surface area contributed by atoms with Crippen LogP contribution in [-0.2, 0) is 14.3 Å². The average molecular weight is 459 g/mol. The number of benzene rings is 1. The van der Waals surface area contributed by atoms with Crippen molar-refractivity contribution in [2.24, 2.45) is 5.41 Å². The first-order valence-corrected chi connectivity index (χ1v) is 10.7. The van der Waals surface area contributed by atoms with Crippen molar-refractivity contribution in [3.63, 3.8) is 0 Å². The van der Waals surface area contributed by atoms with E-state index in [4.69, 9.17) is 19.4 Å². The number of rotatable bonds is 5. The van der Waals surface area contributed by atoms with Crippen LogP contribution in [0, 0.1) is 5.41 Å². The van der Waals surface area contributed by atoms with Crippen molar-refractivity contribution in [1.29, 1.82) is 0 Å². The number of esters is 1. The van der Waals surface area contributed by atoms with Gasteiger partial charge in [0.1, 0.15) is 11.9 Å². The molecule has 0 bridgehead atoms. The minimum absolute atomic E-state index is 0.0664. The van der Waals surface area contributed by atoms with Gasteiger partial charge in [-0.3, -0.25) is 19.5 Å². The maximum Gasteiger partial charge on any atom is 0.312 e. The molecule has 4 rings (SSSR count). The van der Waals surface area contributed by atoms with E-state index in [-0.39, 0.29) is 24.5 Å². The van der Waals surface area contributed by atoms with Gasteiger partial charge in [-0.2, -0.15) is 5.10 Å². The number of aromatic nitrogens is 2. The van der Waals surface area contributed by atoms with Gasteiger partial charge in [-0.25, -0.2) is 0 Å². The van der Waals surface area contributed by atoms with Crippen molar-refractivity contribution in [2.45, 2.75) is 25.4 Å². The van der Waals surface area contributed by atoms with Gasteiger partial charge in [0.05, 0.1) is 30.0 Å². The predicted octanol–water partition coefficient (Wildman–Crippen LogP) is 1.89. The lowest BCUT2D eigenvalue weighted by atomic mass is 9.76. The number of H-pyrrole nitrogens is 1. The van der Waals surface area contributed by atoms with E-state index in [1.165, 1.54) is 0 Å². The summed E-state index contributed by atoms with van der Waals surface area (Å²) in [5.41, 5.74) is 1.59. The van der Waals surface area contributed by atoms with Crippen LogP contribution in [0.25, 0.3) is 11.3 Å². The van der Waals surface area contributed by atoms with E-state index < -0.39 is 5.41 Å². The van der Waals surface area contributed by atoms with Crippen molar-refractivity contribution >= 4 is 18.3 Å². The van der Waals surface area contributed by atoms with Gasteiger partial charge in [0.25, 0.3) is 12.4 Å². The van der Waals surface area contributed by atoms with Gasteiger partial charge in [0.2, 0.25) is 0 Å². The van der Waals surface area contributed by atoms with E-state index in [0.29, 0.717) is 42.9 Å². The Morgan fingerprint density at radius 2 is 2.09 bits per heavy atom. The molecule has 1 amide bonds. The van der Waals surface area contributed by atoms with Crippen LogP contribution in [0.4, 0.5) is 0 Å². The first kappa shape index (κ1) is 24.2. The molecule has 178 valence electrons. The molecule has 0 radical (unpaired) electrons. The Balaban J connectivity index is 0.000000968. The number of cyclic esters (lactones) is 1. The molecule has 0 aliphatic carbocycles. The third-order valence-corrected chi connectivity index (χ3v) is 6.13. The largest absolute Gasteiger partial charge is 0.497 e. The zero-order valence-electron chi connectivity index (χ0n) is 19.1. The fraction of sp³-hybridized carbons (Fsp3) is 0.478. The third-order valence-electron chi connectivity index (χ3n) is 6.13. The Morgan fingerprint density at radius 3 is 2.73 bits per heavy atom. The molecule has 1 atom stereocenters. The number of hydrogen-bond donors (Lipinski definition) is 2. The number of aromatic amines is 1. The Bertz CT molecular complexity index is 981. The average Bonchev–Trinajstić information content (AvgIpc) is 3.39. The molecular formula is C23H30N4O6. The molecule has 2 aliphatic heterocycles. The minimum atomic E-state index is -0.455. The molecule has 2 aromatic rings. The van der Waals surface area contributed by atoms with E-state index in [2.05, 4.69) is 10.2 Å². The van der Waals surface area contributed by atoms with Crippen molar-refractivity contribution in [3.8, 4) is 17.0 Å². The van der Waals surface area contributed by atoms with E-state index in [1.807, 2.05) is 48.2 Å². The molecule has 33 heavy (non-hydrogen) atoms. The molecule has 1 spiro atoms. The molecule has 1 aromatic heterocycles. The lowest BCUT2D eigenvalue weighted by Crippen LogP contribution is -2.45. The Labute approximate surface area is 192 Å². The number of carbonyl (C=O) groups excluding carboxylic acids is 2. The number of amides is 1. The fourth-order valence-corrected chi connectivity index (χ4v) is 4.51. The maximum absolute atomic E-state index is 13.2. The number of nitrogens with zero attached hydrogens (tertiary/aromatic N) is 3. The number of methoxy groups -OCH3 is 1. The zero-order chi connectivity index (χ0) is 24.0. The van der Waals surface area contributed by atoms with Gasteiger partial charge in [0, 0.05) is 31.6 Å². The second-order valence-electron chi connectivity index (χ2n) is 8.56. The van der Waals surface area contributed by atoms with Gasteiger partial charge in [-0.15, -0.1) is 0 Å². The number of likely N-dealkylation sites (tertiary alicyclic amines) is 1. The molecule has 2 N–H and O–H groups in total. The Kier molecular flexibility index (Phi) is 7.70. The van der Waals surface area contributed by atoms with Gasteiger partial charge < -0.3 is 24.4 Å². The molecule has 2 saturated heterocycles. The van der Waals surface area contributed by atoms with Crippen molar-refractivity contribution < 1.29 is 29.0 Å². The summed E-state index contributed by atoms with van der Waals surface area (Å²) < 4.78 is 10.9. The summed E-state index contributed by atoms with van der Waals surface area (Å²) in [5, 5.41) is 13.9. The summed E-state index contributed by atoms with van der Waals surface area (Å²) in [5.74, 6) is 0.530. The quantitative estimate of drug-likeness (QED) is 0.514. The van der Waals surface area contributed by atoms with Gasteiger partial charge in [0.15, 0.2) is 0 Å². The number of carboxylic acid groups (broad SMARTS) is 1. The van der Waals surface area contributed by atoms with Crippen LogP contribution in [-0.4, -0.2) is 90.4 Å². The monoisotopic (exact) mass is 458 g/mol. The molecule has 1 unspecified atom stereocenters. The number of piperidine rings is 1. The van der Waals surface area contributed by atoms with Crippen LogP contribution >= 0.6 is 0 Å². The molecule has 3 heterocycles. The summed E-state index contributed by atoms with van der Waals surface area (Å²) in [4.78, 5) is 38.0. The normalized spacial score (nSPS) is 19.1. The van der Waals surface area contributed by atoms with E-state index >= 15 is 0 Å². The number of ether oxygens (including phenoxy) is 2. The number of likely N-dealkylation sites (N-methyl/N-ethyl adjacent to an activating group) is 1. The first-order valence-electron chi connectivity index (χ1n) is 10.7. The summed E-state index contributed by atoms with van der Waals surface area (Å²) in [7, 11) is 5.56. The highest BCUT2D eigenvalue weighted by molar-refractivity contribution is 6.00. The van der Waals surface area contributed by atoms with Crippen LogP contribution in [0.5, 0.6) is 5.75 Å². The molecule has 10 nitrogen and oxygen atoms in total. The van der Waals surface area contributed by atoms with Crippen molar-refractivity contribution in [3.05, 3.63) is 36.0 Å². The smallest absolute Gasteiger partial charge is 0.312 e. The van der Waals surface area contributed by atoms with Crippen LogP contribution in [0.15, 0.2) is 30.5 Å². The summed E-state index contributed by atoms with van der Waals surface area (Å²) in [6.07, 6.45) is 3.50. The summed E-state index contributed by atoms with van der Waals surface area (Å²) >= 11 is 0. The van der Waals surface area contributed by atoms with Gasteiger partial charge in [-0.05, 0) is 39.1 Å². The number of nitrogens with one attached hydrogen (secondary N) is 1. The molecule has 2 fully saturated rings. The highest BCUT2D eigenvalue weighted by Crippen LogP contribution is 2.43. The SMILES string of the molecule is COc1cccc(-c2[nH]ncc2C(=O)N2CCC3(CC2)CC(CN(C)C)OC3=O)c1.O=CO. The standard InChI is InChI=1S/C22H28N4O4.CH2O2/c1-25(2)14-17-12-22(21(28)30-17)7-9-26(10-8-22)20(27)18-13-23-24-19(18)15-5-4-6-16(11-15)29-3;2-1-3/h4-6,11,13,17H,7-10,12,14H2,1-3H3,(H,23,24);1H,(H,2,3). The summed E-state index contributed by atoms with van der Waals surface area (Å²) in [6.45, 7) is 1.55. The number of carbonyl (C=O) groups is 3. The first-order chi connectivity index (χ1) is 15.8. The topological polar surface area (TPSA) is 125 Å². The second-order valence-corrected chi connectivity index (χ2v) is 8.56. The summed E-state index contributed by atoms with van der Waals surface area (Å²) in [6, 6.07) is 7.52. The van der Waals surface area contributed by atoms with Crippen molar-refractivity contribution in [2.75, 3.05) is 40.8 Å². The lowest BCUT2D eigenvalue weighted by molar-refractivity contribution is -0.150. The van der Waals surface area contributed by atoms with Gasteiger partial charge in [-0.1, -0.05) is 12.1 Å². The van der Waals surface area contributed by atoms with E-state index in [9.17, 15) is 9.59 Å². The maximum atomic E-state index is 13.2. The van der Waals surface area contributed by atoms with Crippen LogP contribution < -0.4 is 4.74 Å². The second kappa shape index (κ2) is 10.5. The highest BCUT2D eigenvalue weighted by atomic mass is 16.6. The third kappa shape index (κ3) is 5.33.